The third-order valence-corrected chi connectivity index (χ3v) is 12.8. The van der Waals surface area contributed by atoms with Crippen molar-refractivity contribution in [3.8, 4) is 21.9 Å². The molecule has 332 valence electrons. The molecule has 3 aromatic heterocycles. The van der Waals surface area contributed by atoms with Crippen molar-refractivity contribution in [3.05, 3.63) is 139 Å². The molecule has 0 spiro atoms. The quantitative estimate of drug-likeness (QED) is 0.0741. The summed E-state index contributed by atoms with van der Waals surface area (Å²) in [5.74, 6) is 2.57. The summed E-state index contributed by atoms with van der Waals surface area (Å²) in [5.41, 5.74) is 8.62. The minimum Gasteiger partial charge on any atom is -0.491 e. The number of anilines is 1. The summed E-state index contributed by atoms with van der Waals surface area (Å²) < 4.78 is 39.5. The number of hydrogen-bond donors (Lipinski definition) is 1. The van der Waals surface area contributed by atoms with Crippen LogP contribution >= 0.6 is 22.9 Å². The van der Waals surface area contributed by atoms with Crippen LogP contribution in [0.15, 0.2) is 77.9 Å². The minimum atomic E-state index is -0.513. The molecule has 1 aliphatic carbocycles. The fourth-order valence-electron chi connectivity index (χ4n) is 7.99. The van der Waals surface area contributed by atoms with E-state index in [1.165, 1.54) is 10.9 Å². The number of aromatic nitrogens is 4. The van der Waals surface area contributed by atoms with E-state index in [4.69, 9.17) is 35.5 Å². The minimum absolute atomic E-state index is 0.0434. The molecule has 0 unspecified atom stereocenters. The van der Waals surface area contributed by atoms with Crippen LogP contribution in [0.25, 0.3) is 16.1 Å². The summed E-state index contributed by atoms with van der Waals surface area (Å²) in [4.78, 5) is 36.3. The zero-order valence-electron chi connectivity index (χ0n) is 36.3. The van der Waals surface area contributed by atoms with Gasteiger partial charge in [0.05, 0.1) is 45.4 Å². The third kappa shape index (κ3) is 10.5. The van der Waals surface area contributed by atoms with Crippen molar-refractivity contribution in [1.29, 1.82) is 0 Å². The zero-order chi connectivity index (χ0) is 44.7. The number of carbonyl (C=O) groups is 2. The van der Waals surface area contributed by atoms with E-state index in [0.717, 1.165) is 61.0 Å². The van der Waals surface area contributed by atoms with Crippen LogP contribution in [0.3, 0.4) is 0 Å². The van der Waals surface area contributed by atoms with Crippen molar-refractivity contribution in [2.45, 2.75) is 59.4 Å². The zero-order valence-corrected chi connectivity index (χ0v) is 37.9. The molecule has 12 nitrogen and oxygen atoms in total. The van der Waals surface area contributed by atoms with E-state index in [9.17, 15) is 14.0 Å². The number of nitrogens with zero attached hydrogens (tertiary/aromatic N) is 5. The van der Waals surface area contributed by atoms with Crippen LogP contribution in [0.2, 0.25) is 5.02 Å². The predicted octanol–water partition coefficient (Wildman–Crippen LogP) is 8.72. The lowest BCUT2D eigenvalue weighted by atomic mass is 9.98. The summed E-state index contributed by atoms with van der Waals surface area (Å²) in [6.45, 7) is 11.7. The van der Waals surface area contributed by atoms with Crippen LogP contribution in [0.5, 0.6) is 5.75 Å². The first-order chi connectivity index (χ1) is 31.0. The van der Waals surface area contributed by atoms with Gasteiger partial charge in [-0.25, -0.2) is 9.37 Å². The Morgan fingerprint density at radius 3 is 2.33 bits per heavy atom. The van der Waals surface area contributed by atoms with E-state index in [1.54, 1.807) is 17.5 Å². The largest absolute Gasteiger partial charge is 0.491 e. The Bertz CT molecular complexity index is 2680. The molecule has 0 saturated heterocycles. The standard InChI is InChI=1S/C49H50ClFN6O6S/c1-29-21-45(53-28-42(29)36-23-35-24-39(59)26-41(35)43(51)25-36)52-13-14-60-15-16-61-17-18-62-19-20-63-40-11-5-33(6-12-40)22-38(58)27-44-48-56-55-32(4)57(48)49-46(30(2)31(3)64-49)47(54-44)34-7-9-37(50)10-8-34/h5-12,21,23,25,28,44H,13-20,22,24,26-27H2,1-4H3,(H,52,53)/t44-/m0/s1. The Hall–Kier alpha value is -5.64. The fourth-order valence-corrected chi connectivity index (χ4v) is 9.33. The summed E-state index contributed by atoms with van der Waals surface area (Å²) in [6, 6.07) is 20.0. The van der Waals surface area contributed by atoms with E-state index in [2.05, 4.69) is 38.9 Å². The molecule has 1 atom stereocenters. The van der Waals surface area contributed by atoms with Crippen molar-refractivity contribution in [2.24, 2.45) is 4.99 Å². The maximum absolute atomic E-state index is 14.6. The molecule has 2 aliphatic rings. The average Bonchev–Trinajstić information content (AvgIpc) is 3.92. The molecule has 3 aromatic carbocycles. The highest BCUT2D eigenvalue weighted by atomic mass is 35.5. The lowest BCUT2D eigenvalue weighted by molar-refractivity contribution is -0.119. The molecule has 0 amide bonds. The number of Topliss-reactive ketones (excluding diaryl/α,β-unsaturated/α-hetero) is 2. The Balaban J connectivity index is 0.708. The second-order valence-corrected chi connectivity index (χ2v) is 17.6. The summed E-state index contributed by atoms with van der Waals surface area (Å²) >= 11 is 7.93. The van der Waals surface area contributed by atoms with Gasteiger partial charge in [0.2, 0.25) is 0 Å². The van der Waals surface area contributed by atoms with Crippen molar-refractivity contribution >= 4 is 46.0 Å². The van der Waals surface area contributed by atoms with E-state index in [0.29, 0.717) is 80.8 Å². The highest BCUT2D eigenvalue weighted by Crippen LogP contribution is 2.40. The number of halogens is 2. The number of carbonyl (C=O) groups excluding carboxylic acids is 2. The van der Waals surface area contributed by atoms with Crippen LogP contribution in [0.1, 0.15) is 67.9 Å². The molecule has 0 radical (unpaired) electrons. The molecule has 0 bridgehead atoms. The highest BCUT2D eigenvalue weighted by Gasteiger charge is 2.32. The van der Waals surface area contributed by atoms with Crippen LogP contribution < -0.4 is 10.1 Å². The summed E-state index contributed by atoms with van der Waals surface area (Å²) in [5, 5.41) is 13.8. The SMILES string of the molecule is Cc1cc(NCCOCCOCCOCCOc2ccc(CC(=O)C[C@@H]3N=C(c4ccc(Cl)cc4)c4c(sc(C)c4C)-n4c(C)nnc43)cc2)ncc1-c1cc(F)c2c(c1)CC(=O)C2. The lowest BCUT2D eigenvalue weighted by Crippen LogP contribution is -2.15. The monoisotopic (exact) mass is 904 g/mol. The molecular weight excluding hydrogens is 855 g/mol. The molecule has 8 rings (SSSR count). The Labute approximate surface area is 380 Å². The molecular formula is C49H50ClFN6O6S. The molecule has 1 N–H and O–H groups in total. The van der Waals surface area contributed by atoms with Crippen LogP contribution in [0, 0.1) is 33.5 Å². The number of nitrogens with one attached hydrogen (secondary N) is 1. The van der Waals surface area contributed by atoms with Gasteiger partial charge in [0.25, 0.3) is 0 Å². The molecule has 15 heteroatoms. The maximum atomic E-state index is 14.6. The van der Waals surface area contributed by atoms with E-state index in [-0.39, 0.29) is 43.1 Å². The van der Waals surface area contributed by atoms with Crippen LogP contribution in [0.4, 0.5) is 10.2 Å². The number of thiophene rings is 1. The molecule has 64 heavy (non-hydrogen) atoms. The van der Waals surface area contributed by atoms with Crippen molar-refractivity contribution in [1.82, 2.24) is 19.7 Å². The lowest BCUT2D eigenvalue weighted by Gasteiger charge is -2.13. The molecule has 1 aliphatic heterocycles. The van der Waals surface area contributed by atoms with Crippen molar-refractivity contribution < 1.29 is 32.9 Å². The molecule has 0 saturated carbocycles. The predicted molar refractivity (Wildman–Crippen MR) is 246 cm³/mol. The van der Waals surface area contributed by atoms with Gasteiger partial charge in [0, 0.05) is 65.0 Å². The average molecular weight is 905 g/mol. The number of benzene rings is 3. The third-order valence-electron chi connectivity index (χ3n) is 11.4. The molecule has 4 heterocycles. The van der Waals surface area contributed by atoms with Gasteiger partial charge >= 0.3 is 0 Å². The van der Waals surface area contributed by atoms with Crippen LogP contribution in [-0.4, -0.2) is 89.8 Å². The number of ketones is 2. The Morgan fingerprint density at radius 1 is 0.875 bits per heavy atom. The highest BCUT2D eigenvalue weighted by molar-refractivity contribution is 7.15. The first-order valence-corrected chi connectivity index (χ1v) is 22.6. The number of ether oxygens (including phenoxy) is 4. The van der Waals surface area contributed by atoms with Gasteiger partial charge in [-0.1, -0.05) is 41.9 Å². The number of pyridine rings is 1. The van der Waals surface area contributed by atoms with E-state index >= 15 is 0 Å². The first-order valence-electron chi connectivity index (χ1n) is 21.4. The number of rotatable bonds is 20. The van der Waals surface area contributed by atoms with Gasteiger partial charge in [-0.15, -0.1) is 21.5 Å². The van der Waals surface area contributed by atoms with Crippen molar-refractivity contribution in [2.75, 3.05) is 58.1 Å². The first kappa shape index (κ1) is 44.9. The summed E-state index contributed by atoms with van der Waals surface area (Å²) in [7, 11) is 0. The Morgan fingerprint density at radius 2 is 1.59 bits per heavy atom. The van der Waals surface area contributed by atoms with Gasteiger partial charge in [0.15, 0.2) is 5.82 Å². The second-order valence-electron chi connectivity index (χ2n) is 16.0. The topological polar surface area (TPSA) is 139 Å². The van der Waals surface area contributed by atoms with E-state index < -0.39 is 6.04 Å². The van der Waals surface area contributed by atoms with Gasteiger partial charge < -0.3 is 24.3 Å². The number of fused-ring (bicyclic) bond motifs is 4. The number of aryl methyl sites for hydroxylation is 3. The van der Waals surface area contributed by atoms with Gasteiger partial charge in [-0.3, -0.25) is 19.1 Å². The number of aliphatic imine (C=N–C) groups is 1. The normalized spacial score (nSPS) is 14.2. The fraction of sp³-hybridized carbons (Fsp3) is 0.347. The molecule has 6 aromatic rings. The van der Waals surface area contributed by atoms with Gasteiger partial charge in [-0.2, -0.15) is 0 Å². The smallest absolute Gasteiger partial charge is 0.163 e. The van der Waals surface area contributed by atoms with Gasteiger partial charge in [0.1, 0.15) is 52.4 Å². The van der Waals surface area contributed by atoms with Crippen LogP contribution in [-0.2, 0) is 43.1 Å². The van der Waals surface area contributed by atoms with E-state index in [1.807, 2.05) is 74.5 Å². The second kappa shape index (κ2) is 20.5. The summed E-state index contributed by atoms with van der Waals surface area (Å²) in [6.07, 6.45) is 2.61. The number of hydrogen-bond acceptors (Lipinski definition) is 12. The van der Waals surface area contributed by atoms with Gasteiger partial charge in [-0.05, 0) is 97.5 Å². The maximum Gasteiger partial charge on any atom is 0.163 e. The molecule has 0 fully saturated rings. The Kier molecular flexibility index (Phi) is 14.4. The van der Waals surface area contributed by atoms with Crippen molar-refractivity contribution in [3.63, 3.8) is 0 Å².